The third-order valence-corrected chi connectivity index (χ3v) is 6.64. The molecule has 166 valence electrons. The molecule has 1 atom stereocenters. The summed E-state index contributed by atoms with van der Waals surface area (Å²) in [5.74, 6) is 0.0659. The van der Waals surface area contributed by atoms with Gasteiger partial charge in [0.15, 0.2) is 0 Å². The first-order chi connectivity index (χ1) is 14.9. The van der Waals surface area contributed by atoms with E-state index in [1.54, 1.807) is 4.90 Å². The van der Waals surface area contributed by atoms with Gasteiger partial charge in [0.2, 0.25) is 0 Å². The highest BCUT2D eigenvalue weighted by atomic mass is 35.5. The number of likely N-dealkylation sites (N-methyl/N-ethyl adjacent to an activating group) is 2. The Labute approximate surface area is 190 Å². The fourth-order valence-electron chi connectivity index (χ4n) is 4.81. The second-order valence-corrected chi connectivity index (χ2v) is 9.51. The smallest absolute Gasteiger partial charge is 0.253 e. The molecule has 0 aliphatic carbocycles. The number of morpholine rings is 1. The van der Waals surface area contributed by atoms with Crippen LogP contribution < -0.4 is 0 Å². The Balaban J connectivity index is 1.35. The van der Waals surface area contributed by atoms with Crippen LogP contribution in [0.4, 0.5) is 0 Å². The van der Waals surface area contributed by atoms with Gasteiger partial charge >= 0.3 is 0 Å². The SMILES string of the molecule is CN1C[C@H](C(=O)N(C)Cc2ccccc2)OC2(CCN(Cc3cccc(Cl)c3)CC2)C1. The molecule has 0 radical (unpaired) electrons. The first kappa shape index (κ1) is 22.3. The highest BCUT2D eigenvalue weighted by Gasteiger charge is 2.44. The summed E-state index contributed by atoms with van der Waals surface area (Å²) < 4.78 is 6.54. The van der Waals surface area contributed by atoms with Crippen LogP contribution in [0.1, 0.15) is 24.0 Å². The minimum atomic E-state index is -0.410. The number of carbonyl (C=O) groups is 1. The third-order valence-electron chi connectivity index (χ3n) is 6.40. The van der Waals surface area contributed by atoms with Crippen molar-refractivity contribution in [2.24, 2.45) is 0 Å². The predicted molar refractivity (Wildman–Crippen MR) is 124 cm³/mol. The number of halogens is 1. The van der Waals surface area contributed by atoms with E-state index < -0.39 is 6.10 Å². The quantitative estimate of drug-likeness (QED) is 0.709. The third kappa shape index (κ3) is 5.66. The van der Waals surface area contributed by atoms with Crippen molar-refractivity contribution in [1.29, 1.82) is 0 Å². The summed E-state index contributed by atoms with van der Waals surface area (Å²) in [5, 5.41) is 0.782. The second-order valence-electron chi connectivity index (χ2n) is 9.07. The average Bonchev–Trinajstić information content (AvgIpc) is 2.75. The molecule has 2 fully saturated rings. The van der Waals surface area contributed by atoms with Crippen LogP contribution in [0.25, 0.3) is 0 Å². The highest BCUT2D eigenvalue weighted by Crippen LogP contribution is 2.33. The van der Waals surface area contributed by atoms with E-state index in [1.807, 2.05) is 43.4 Å². The molecule has 0 unspecified atom stereocenters. The number of carbonyl (C=O) groups excluding carboxylic acids is 1. The van der Waals surface area contributed by atoms with Crippen LogP contribution in [0, 0.1) is 0 Å². The molecule has 31 heavy (non-hydrogen) atoms. The van der Waals surface area contributed by atoms with E-state index in [9.17, 15) is 4.79 Å². The molecule has 0 bridgehead atoms. The summed E-state index contributed by atoms with van der Waals surface area (Å²) in [5.41, 5.74) is 2.12. The van der Waals surface area contributed by atoms with E-state index in [-0.39, 0.29) is 11.5 Å². The molecule has 2 aliphatic heterocycles. The minimum absolute atomic E-state index is 0.0659. The lowest BCUT2D eigenvalue weighted by Gasteiger charge is -2.49. The molecule has 1 spiro atoms. The largest absolute Gasteiger partial charge is 0.359 e. The monoisotopic (exact) mass is 441 g/mol. The summed E-state index contributed by atoms with van der Waals surface area (Å²) in [6.07, 6.45) is 1.46. The Bertz CT molecular complexity index is 883. The van der Waals surface area contributed by atoms with Gasteiger partial charge < -0.3 is 14.5 Å². The number of amides is 1. The van der Waals surface area contributed by atoms with Gasteiger partial charge in [-0.2, -0.15) is 0 Å². The van der Waals surface area contributed by atoms with Crippen LogP contribution in [0.2, 0.25) is 5.02 Å². The molecule has 2 heterocycles. The van der Waals surface area contributed by atoms with Crippen LogP contribution in [0.15, 0.2) is 54.6 Å². The number of hydrogen-bond acceptors (Lipinski definition) is 4. The minimum Gasteiger partial charge on any atom is -0.359 e. The number of piperidine rings is 1. The zero-order valence-electron chi connectivity index (χ0n) is 18.5. The molecule has 0 N–H and O–H groups in total. The Morgan fingerprint density at radius 2 is 1.84 bits per heavy atom. The molecule has 6 heteroatoms. The predicted octanol–water partition coefficient (Wildman–Crippen LogP) is 3.66. The van der Waals surface area contributed by atoms with Crippen molar-refractivity contribution in [2.75, 3.05) is 40.3 Å². The lowest BCUT2D eigenvalue weighted by Crippen LogP contribution is -2.61. The summed E-state index contributed by atoms with van der Waals surface area (Å²) in [6, 6.07) is 18.2. The number of benzene rings is 2. The van der Waals surface area contributed by atoms with Gasteiger partial charge in [0.1, 0.15) is 6.10 Å². The van der Waals surface area contributed by atoms with Crippen molar-refractivity contribution in [3.05, 3.63) is 70.7 Å². The molecule has 1 amide bonds. The molecule has 0 saturated carbocycles. The number of rotatable bonds is 5. The van der Waals surface area contributed by atoms with Gasteiger partial charge in [-0.05, 0) is 43.1 Å². The second kappa shape index (κ2) is 9.70. The maximum atomic E-state index is 13.2. The Morgan fingerprint density at radius 3 is 2.55 bits per heavy atom. The zero-order valence-corrected chi connectivity index (χ0v) is 19.2. The van der Waals surface area contributed by atoms with Crippen molar-refractivity contribution in [2.45, 2.75) is 37.6 Å². The fraction of sp³-hybridized carbons (Fsp3) is 0.480. The Kier molecular flexibility index (Phi) is 6.97. The van der Waals surface area contributed by atoms with Gasteiger partial charge in [-0.3, -0.25) is 9.69 Å². The van der Waals surface area contributed by atoms with Crippen LogP contribution in [-0.2, 0) is 22.6 Å². The molecule has 5 nitrogen and oxygen atoms in total. The zero-order chi connectivity index (χ0) is 21.8. The Morgan fingerprint density at radius 1 is 1.13 bits per heavy atom. The standard InChI is InChI=1S/C25H32ClN3O2/c1-27-18-23(24(30)28(2)16-20-7-4-3-5-8-20)31-25(19-27)11-13-29(14-12-25)17-21-9-6-10-22(26)15-21/h3-10,15,23H,11-14,16-19H2,1-2H3/t23-/m1/s1. The van der Waals surface area contributed by atoms with E-state index >= 15 is 0 Å². The van der Waals surface area contributed by atoms with Crippen LogP contribution in [0.3, 0.4) is 0 Å². The molecule has 2 aliphatic rings. The van der Waals surface area contributed by atoms with Crippen molar-refractivity contribution < 1.29 is 9.53 Å². The normalized spacial score (nSPS) is 21.8. The lowest BCUT2D eigenvalue weighted by atomic mass is 9.88. The first-order valence-electron chi connectivity index (χ1n) is 11.0. The highest BCUT2D eigenvalue weighted by molar-refractivity contribution is 6.30. The van der Waals surface area contributed by atoms with Crippen LogP contribution in [0.5, 0.6) is 0 Å². The maximum absolute atomic E-state index is 13.2. The summed E-state index contributed by atoms with van der Waals surface area (Å²) in [6.45, 7) is 4.94. The lowest BCUT2D eigenvalue weighted by molar-refractivity contribution is -0.188. The number of nitrogens with zero attached hydrogens (tertiary/aromatic N) is 3. The number of likely N-dealkylation sites (tertiary alicyclic amines) is 1. The van der Waals surface area contributed by atoms with E-state index in [0.29, 0.717) is 13.1 Å². The maximum Gasteiger partial charge on any atom is 0.253 e. The molecule has 4 rings (SSSR count). The van der Waals surface area contributed by atoms with Crippen LogP contribution >= 0.6 is 11.6 Å². The van der Waals surface area contributed by atoms with Gasteiger partial charge in [0.05, 0.1) is 5.60 Å². The van der Waals surface area contributed by atoms with Crippen LogP contribution in [-0.4, -0.2) is 72.6 Å². The number of hydrogen-bond donors (Lipinski definition) is 0. The van der Waals surface area contributed by atoms with Gasteiger partial charge in [-0.15, -0.1) is 0 Å². The molecule has 2 aromatic carbocycles. The average molecular weight is 442 g/mol. The summed E-state index contributed by atoms with van der Waals surface area (Å²) in [7, 11) is 3.97. The summed E-state index contributed by atoms with van der Waals surface area (Å²) in [4.78, 5) is 19.7. The van der Waals surface area contributed by atoms with Crippen molar-refractivity contribution in [3.63, 3.8) is 0 Å². The molecule has 2 saturated heterocycles. The fourth-order valence-corrected chi connectivity index (χ4v) is 5.03. The topological polar surface area (TPSA) is 36.0 Å². The van der Waals surface area contributed by atoms with Crippen molar-refractivity contribution >= 4 is 17.5 Å². The molecule has 2 aromatic rings. The van der Waals surface area contributed by atoms with Gasteiger partial charge in [0, 0.05) is 51.3 Å². The van der Waals surface area contributed by atoms with E-state index in [4.69, 9.17) is 16.3 Å². The molecule has 0 aromatic heterocycles. The van der Waals surface area contributed by atoms with Gasteiger partial charge in [-0.25, -0.2) is 0 Å². The van der Waals surface area contributed by atoms with E-state index in [2.05, 4.69) is 35.0 Å². The first-order valence-corrected chi connectivity index (χ1v) is 11.4. The van der Waals surface area contributed by atoms with E-state index in [0.717, 1.165) is 49.6 Å². The van der Waals surface area contributed by atoms with Crippen molar-refractivity contribution in [3.8, 4) is 0 Å². The molecular weight excluding hydrogens is 410 g/mol. The van der Waals surface area contributed by atoms with E-state index in [1.165, 1.54) is 5.56 Å². The Hall–Kier alpha value is -1.92. The summed E-state index contributed by atoms with van der Waals surface area (Å²) >= 11 is 6.14. The molecular formula is C25H32ClN3O2. The van der Waals surface area contributed by atoms with Gasteiger partial charge in [0.25, 0.3) is 5.91 Å². The van der Waals surface area contributed by atoms with Gasteiger partial charge in [-0.1, -0.05) is 54.1 Å². The van der Waals surface area contributed by atoms with Crippen molar-refractivity contribution in [1.82, 2.24) is 14.7 Å². The number of ether oxygens (including phenoxy) is 1.